The number of piperidine rings is 1. The largest absolute Gasteiger partial charge is 0.351 e. The summed E-state index contributed by atoms with van der Waals surface area (Å²) in [5, 5.41) is 3.07. The van der Waals surface area contributed by atoms with Gasteiger partial charge in [-0.15, -0.1) is 0 Å². The number of para-hydroxylation sites is 1. The Labute approximate surface area is 204 Å². The molecule has 1 unspecified atom stereocenters. The molecule has 1 fully saturated rings. The molecule has 1 saturated heterocycles. The first-order valence-electron chi connectivity index (χ1n) is 12.0. The molecule has 1 atom stereocenters. The summed E-state index contributed by atoms with van der Waals surface area (Å²) in [6.45, 7) is 5.57. The van der Waals surface area contributed by atoms with Crippen LogP contribution in [0, 0.1) is 19.8 Å². The third-order valence-corrected chi connectivity index (χ3v) is 6.64. The van der Waals surface area contributed by atoms with Gasteiger partial charge in [-0.05, 0) is 56.0 Å². The molecule has 0 saturated carbocycles. The summed E-state index contributed by atoms with van der Waals surface area (Å²) in [4.78, 5) is 37.9. The molecule has 0 radical (unpaired) electrons. The first kappa shape index (κ1) is 22.8. The molecule has 7 nitrogen and oxygen atoms in total. The van der Waals surface area contributed by atoms with Gasteiger partial charge in [0.05, 0.1) is 12.5 Å². The van der Waals surface area contributed by atoms with Crippen LogP contribution in [0.2, 0.25) is 0 Å². The average molecular weight is 468 g/mol. The van der Waals surface area contributed by atoms with E-state index >= 15 is 0 Å². The van der Waals surface area contributed by atoms with Gasteiger partial charge in [-0.1, -0.05) is 48.0 Å². The van der Waals surface area contributed by atoms with E-state index in [9.17, 15) is 9.59 Å². The molecule has 178 valence electrons. The van der Waals surface area contributed by atoms with Crippen LogP contribution in [0.4, 0.5) is 11.5 Å². The fourth-order valence-corrected chi connectivity index (χ4v) is 4.62. The highest BCUT2D eigenvalue weighted by Gasteiger charge is 2.29. The minimum atomic E-state index is -0.223. The van der Waals surface area contributed by atoms with E-state index < -0.39 is 0 Å². The molecule has 0 bridgehead atoms. The molecule has 1 amide bonds. The summed E-state index contributed by atoms with van der Waals surface area (Å²) < 4.78 is 1.69. The Hall–Kier alpha value is -4.00. The highest BCUT2D eigenvalue weighted by Crippen LogP contribution is 2.24. The van der Waals surface area contributed by atoms with Crippen molar-refractivity contribution in [3.63, 3.8) is 0 Å². The Morgan fingerprint density at radius 3 is 2.66 bits per heavy atom. The first-order valence-corrected chi connectivity index (χ1v) is 12.0. The van der Waals surface area contributed by atoms with Gasteiger partial charge in [-0.25, -0.2) is 9.97 Å². The number of nitrogens with zero attached hydrogens (tertiary/aromatic N) is 4. The van der Waals surface area contributed by atoms with E-state index in [1.54, 1.807) is 10.8 Å². The standard InChI is InChI=1S/C28H29N5O2/c1-19-11-13-21(14-12-19)17-33-25-24(10-5-15-29-25)30-26(28(33)35)32-16-6-8-22(18-32)27(34)31-23-9-4-3-7-20(23)2/h3-5,7,9-15,22H,6,8,16-18H2,1-2H3,(H,31,34). The summed E-state index contributed by atoms with van der Waals surface area (Å²) in [6.07, 6.45) is 3.28. The Balaban J connectivity index is 1.45. The number of nitrogens with one attached hydrogen (secondary N) is 1. The SMILES string of the molecule is Cc1ccc(Cn2c(=O)c(N3CCCC(C(=O)Nc4ccccc4C)C3)nc3cccnc32)cc1. The maximum atomic E-state index is 13.7. The zero-order valence-electron chi connectivity index (χ0n) is 20.1. The number of benzene rings is 2. The zero-order valence-corrected chi connectivity index (χ0v) is 20.1. The normalized spacial score (nSPS) is 15.8. The lowest BCUT2D eigenvalue weighted by Gasteiger charge is -2.32. The fourth-order valence-electron chi connectivity index (χ4n) is 4.62. The molecule has 1 aliphatic rings. The number of anilines is 2. The predicted molar refractivity (Wildman–Crippen MR) is 139 cm³/mol. The van der Waals surface area contributed by atoms with Gasteiger partial charge in [0.25, 0.3) is 5.56 Å². The molecule has 2 aromatic carbocycles. The van der Waals surface area contributed by atoms with E-state index in [0.29, 0.717) is 36.6 Å². The number of carbonyl (C=O) groups excluding carboxylic acids is 1. The number of carbonyl (C=O) groups is 1. The molecule has 7 heteroatoms. The number of hydrogen-bond donors (Lipinski definition) is 1. The molecular formula is C28H29N5O2. The van der Waals surface area contributed by atoms with Crippen molar-refractivity contribution in [1.29, 1.82) is 0 Å². The van der Waals surface area contributed by atoms with Crippen molar-refractivity contribution in [2.45, 2.75) is 33.2 Å². The van der Waals surface area contributed by atoms with Crippen LogP contribution in [0.1, 0.15) is 29.5 Å². The van der Waals surface area contributed by atoms with Gasteiger partial charge < -0.3 is 10.2 Å². The lowest BCUT2D eigenvalue weighted by atomic mass is 9.97. The number of rotatable bonds is 5. The zero-order chi connectivity index (χ0) is 24.4. The molecular weight excluding hydrogens is 438 g/mol. The Morgan fingerprint density at radius 2 is 1.86 bits per heavy atom. The quantitative estimate of drug-likeness (QED) is 0.473. The highest BCUT2D eigenvalue weighted by atomic mass is 16.2. The third kappa shape index (κ3) is 4.80. The van der Waals surface area contributed by atoms with Gasteiger partial charge in [0.1, 0.15) is 5.52 Å². The van der Waals surface area contributed by atoms with Crippen LogP contribution in [0.5, 0.6) is 0 Å². The summed E-state index contributed by atoms with van der Waals surface area (Å²) in [6, 6.07) is 19.6. The molecule has 3 heterocycles. The van der Waals surface area contributed by atoms with Gasteiger partial charge in [-0.3, -0.25) is 14.2 Å². The van der Waals surface area contributed by atoms with Crippen molar-refractivity contribution in [3.8, 4) is 0 Å². The summed E-state index contributed by atoms with van der Waals surface area (Å²) in [5.41, 5.74) is 5.09. The van der Waals surface area contributed by atoms with Crippen molar-refractivity contribution in [1.82, 2.24) is 14.5 Å². The van der Waals surface area contributed by atoms with Crippen molar-refractivity contribution in [2.24, 2.45) is 5.92 Å². The summed E-state index contributed by atoms with van der Waals surface area (Å²) in [7, 11) is 0. The molecule has 2 aromatic heterocycles. The number of aryl methyl sites for hydroxylation is 2. The van der Waals surface area contributed by atoms with E-state index in [1.165, 1.54) is 5.56 Å². The van der Waals surface area contributed by atoms with Gasteiger partial charge in [0, 0.05) is 25.0 Å². The van der Waals surface area contributed by atoms with Crippen LogP contribution in [0.15, 0.2) is 71.7 Å². The minimum absolute atomic E-state index is 0.0218. The van der Waals surface area contributed by atoms with Crippen LogP contribution in [0.3, 0.4) is 0 Å². The molecule has 0 spiro atoms. The van der Waals surface area contributed by atoms with Crippen LogP contribution in [-0.2, 0) is 11.3 Å². The van der Waals surface area contributed by atoms with Crippen LogP contribution >= 0.6 is 0 Å². The van der Waals surface area contributed by atoms with Crippen molar-refractivity contribution >= 4 is 28.6 Å². The number of fused-ring (bicyclic) bond motifs is 1. The predicted octanol–water partition coefficient (Wildman–Crippen LogP) is 4.31. The lowest BCUT2D eigenvalue weighted by molar-refractivity contribution is -0.120. The monoisotopic (exact) mass is 467 g/mol. The van der Waals surface area contributed by atoms with E-state index in [2.05, 4.69) is 10.3 Å². The van der Waals surface area contributed by atoms with E-state index in [-0.39, 0.29) is 17.4 Å². The molecule has 1 aliphatic heterocycles. The maximum Gasteiger partial charge on any atom is 0.295 e. The number of amides is 1. The van der Waals surface area contributed by atoms with Crippen LogP contribution in [0.25, 0.3) is 11.2 Å². The molecule has 5 rings (SSSR count). The number of aromatic nitrogens is 3. The van der Waals surface area contributed by atoms with Crippen molar-refractivity contribution in [3.05, 3.63) is 93.9 Å². The topological polar surface area (TPSA) is 80.1 Å². The van der Waals surface area contributed by atoms with Gasteiger partial charge in [0.2, 0.25) is 5.91 Å². The second-order valence-corrected chi connectivity index (χ2v) is 9.25. The van der Waals surface area contributed by atoms with Crippen molar-refractivity contribution < 1.29 is 4.79 Å². The van der Waals surface area contributed by atoms with Crippen molar-refractivity contribution in [2.75, 3.05) is 23.3 Å². The summed E-state index contributed by atoms with van der Waals surface area (Å²) >= 11 is 0. The maximum absolute atomic E-state index is 13.7. The smallest absolute Gasteiger partial charge is 0.295 e. The highest BCUT2D eigenvalue weighted by molar-refractivity contribution is 5.93. The van der Waals surface area contributed by atoms with Crippen LogP contribution in [-0.4, -0.2) is 33.5 Å². The van der Waals surface area contributed by atoms with Gasteiger partial charge in [-0.2, -0.15) is 0 Å². The molecule has 4 aromatic rings. The van der Waals surface area contributed by atoms with Gasteiger partial charge >= 0.3 is 0 Å². The van der Waals surface area contributed by atoms with Crippen LogP contribution < -0.4 is 15.8 Å². The third-order valence-electron chi connectivity index (χ3n) is 6.64. The van der Waals surface area contributed by atoms with E-state index in [0.717, 1.165) is 29.7 Å². The van der Waals surface area contributed by atoms with E-state index in [1.807, 2.05) is 79.4 Å². The molecule has 35 heavy (non-hydrogen) atoms. The average Bonchev–Trinajstić information content (AvgIpc) is 2.88. The second kappa shape index (κ2) is 9.70. The summed E-state index contributed by atoms with van der Waals surface area (Å²) in [5.74, 6) is 0.136. The Kier molecular flexibility index (Phi) is 6.31. The minimum Gasteiger partial charge on any atom is -0.351 e. The Bertz CT molecular complexity index is 1430. The molecule has 1 N–H and O–H groups in total. The Morgan fingerprint density at radius 1 is 1.06 bits per heavy atom. The number of hydrogen-bond acceptors (Lipinski definition) is 5. The molecule has 0 aliphatic carbocycles. The first-order chi connectivity index (χ1) is 17.0. The lowest BCUT2D eigenvalue weighted by Crippen LogP contribution is -2.44. The fraction of sp³-hybridized carbons (Fsp3) is 0.286. The van der Waals surface area contributed by atoms with E-state index in [4.69, 9.17) is 4.98 Å². The van der Waals surface area contributed by atoms with Gasteiger partial charge in [0.15, 0.2) is 11.5 Å². The number of pyridine rings is 1. The second-order valence-electron chi connectivity index (χ2n) is 9.25.